The lowest BCUT2D eigenvalue weighted by atomic mass is 9.92. The van der Waals surface area contributed by atoms with Crippen molar-refractivity contribution in [2.24, 2.45) is 0 Å². The van der Waals surface area contributed by atoms with E-state index in [9.17, 15) is 18.0 Å². The smallest absolute Gasteiger partial charge is 0.416 e. The fraction of sp³-hybridized carbons (Fsp3) is 0.304. The van der Waals surface area contributed by atoms with Crippen LogP contribution < -0.4 is 10.1 Å². The van der Waals surface area contributed by atoms with Gasteiger partial charge in [0.2, 0.25) is 0 Å². The number of benzene rings is 2. The van der Waals surface area contributed by atoms with E-state index in [1.807, 2.05) is 13.8 Å². The van der Waals surface area contributed by atoms with Gasteiger partial charge in [0.05, 0.1) is 29.3 Å². The SMILES string of the molecule is CC1(C)OCc2cnc3ccc(C(=O)N[C@@H]4COc5cc(C(F)(F)F)ccc54)cc3c21. The van der Waals surface area contributed by atoms with Gasteiger partial charge in [-0.3, -0.25) is 9.78 Å². The Morgan fingerprint density at radius 1 is 1.19 bits per heavy atom. The molecule has 0 aliphatic carbocycles. The number of halogens is 3. The summed E-state index contributed by atoms with van der Waals surface area (Å²) >= 11 is 0. The maximum atomic E-state index is 12.9. The molecule has 31 heavy (non-hydrogen) atoms. The molecule has 0 spiro atoms. The first-order chi connectivity index (χ1) is 14.6. The molecule has 2 aliphatic rings. The van der Waals surface area contributed by atoms with Gasteiger partial charge in [-0.2, -0.15) is 13.2 Å². The van der Waals surface area contributed by atoms with Crippen molar-refractivity contribution in [1.82, 2.24) is 10.3 Å². The molecule has 8 heteroatoms. The van der Waals surface area contributed by atoms with Crippen LogP contribution in [0.5, 0.6) is 5.75 Å². The molecule has 5 nitrogen and oxygen atoms in total. The van der Waals surface area contributed by atoms with Crippen LogP contribution in [0.25, 0.3) is 10.9 Å². The van der Waals surface area contributed by atoms with Crippen LogP contribution in [0.3, 0.4) is 0 Å². The third-order valence-corrected chi connectivity index (χ3v) is 5.83. The lowest BCUT2D eigenvalue weighted by molar-refractivity contribution is -0.137. The number of fused-ring (bicyclic) bond motifs is 4. The number of pyridine rings is 1. The van der Waals surface area contributed by atoms with E-state index in [0.717, 1.165) is 34.2 Å². The standard InChI is InChI=1S/C23H19F3N2O3/c1-22(2)20-13(10-31-22)9-27-17-6-3-12(7-16(17)20)21(29)28-18-11-30-19-8-14(23(24,25)26)4-5-15(18)19/h3-9,18H,10-11H2,1-2H3,(H,28,29)/t18-/m1/s1. The predicted molar refractivity (Wildman–Crippen MR) is 107 cm³/mol. The van der Waals surface area contributed by atoms with Crippen molar-refractivity contribution < 1.29 is 27.4 Å². The van der Waals surface area contributed by atoms with Crippen molar-refractivity contribution in [3.8, 4) is 5.75 Å². The number of amides is 1. The van der Waals surface area contributed by atoms with E-state index in [4.69, 9.17) is 9.47 Å². The van der Waals surface area contributed by atoms with Crippen LogP contribution in [0.15, 0.2) is 42.6 Å². The Morgan fingerprint density at radius 3 is 2.77 bits per heavy atom. The maximum absolute atomic E-state index is 12.9. The lowest BCUT2D eigenvalue weighted by Gasteiger charge is -2.20. The summed E-state index contributed by atoms with van der Waals surface area (Å²) in [4.78, 5) is 17.4. The van der Waals surface area contributed by atoms with Crippen LogP contribution in [0.1, 0.15) is 52.5 Å². The monoisotopic (exact) mass is 428 g/mol. The van der Waals surface area contributed by atoms with Gasteiger partial charge in [-0.25, -0.2) is 0 Å². The number of hydrogen-bond acceptors (Lipinski definition) is 4. The third-order valence-electron chi connectivity index (χ3n) is 5.83. The average molecular weight is 428 g/mol. The number of ether oxygens (including phenoxy) is 2. The van der Waals surface area contributed by atoms with E-state index in [-0.39, 0.29) is 18.3 Å². The Labute approximate surface area is 176 Å². The number of carbonyl (C=O) groups excluding carboxylic acids is 1. The largest absolute Gasteiger partial charge is 0.491 e. The Balaban J connectivity index is 1.44. The molecular weight excluding hydrogens is 409 g/mol. The molecular formula is C23H19F3N2O3. The molecule has 0 radical (unpaired) electrons. The summed E-state index contributed by atoms with van der Waals surface area (Å²) in [6.07, 6.45) is -2.65. The minimum absolute atomic E-state index is 0.0772. The fourth-order valence-corrected chi connectivity index (χ4v) is 4.27. The summed E-state index contributed by atoms with van der Waals surface area (Å²) in [7, 11) is 0. The minimum Gasteiger partial charge on any atom is -0.491 e. The summed E-state index contributed by atoms with van der Waals surface area (Å²) in [6.45, 7) is 4.51. The topological polar surface area (TPSA) is 60.5 Å². The van der Waals surface area contributed by atoms with E-state index < -0.39 is 23.4 Å². The van der Waals surface area contributed by atoms with Gasteiger partial charge in [0, 0.05) is 28.3 Å². The molecule has 3 aromatic rings. The number of alkyl halides is 3. The molecule has 0 bridgehead atoms. The van der Waals surface area contributed by atoms with Gasteiger partial charge < -0.3 is 14.8 Å². The highest BCUT2D eigenvalue weighted by molar-refractivity contribution is 5.99. The summed E-state index contributed by atoms with van der Waals surface area (Å²) in [6, 6.07) is 8.05. The molecule has 5 rings (SSSR count). The van der Waals surface area contributed by atoms with Crippen molar-refractivity contribution in [1.29, 1.82) is 0 Å². The summed E-state index contributed by atoms with van der Waals surface area (Å²) < 4.78 is 50.0. The van der Waals surface area contributed by atoms with Gasteiger partial charge in [0.15, 0.2) is 0 Å². The average Bonchev–Trinajstić information content (AvgIpc) is 3.27. The first kappa shape index (κ1) is 19.8. The van der Waals surface area contributed by atoms with Crippen molar-refractivity contribution >= 4 is 16.8 Å². The molecule has 1 atom stereocenters. The Hall–Kier alpha value is -3.13. The summed E-state index contributed by atoms with van der Waals surface area (Å²) in [5, 5.41) is 3.72. The quantitative estimate of drug-likeness (QED) is 0.632. The molecule has 160 valence electrons. The van der Waals surface area contributed by atoms with Crippen LogP contribution in [-0.2, 0) is 23.1 Å². The molecule has 3 heterocycles. The minimum atomic E-state index is -4.45. The van der Waals surface area contributed by atoms with Crippen LogP contribution in [0.4, 0.5) is 13.2 Å². The second-order valence-corrected chi connectivity index (χ2v) is 8.28. The molecule has 2 aromatic carbocycles. The number of rotatable bonds is 2. The zero-order valence-corrected chi connectivity index (χ0v) is 16.8. The first-order valence-corrected chi connectivity index (χ1v) is 9.84. The number of aromatic nitrogens is 1. The van der Waals surface area contributed by atoms with Gasteiger partial charge in [-0.15, -0.1) is 0 Å². The summed E-state index contributed by atoms with van der Waals surface area (Å²) in [5.74, 6) is -0.197. The molecule has 1 N–H and O–H groups in total. The highest BCUT2D eigenvalue weighted by Crippen LogP contribution is 2.41. The van der Waals surface area contributed by atoms with Crippen LogP contribution >= 0.6 is 0 Å². The molecule has 1 aromatic heterocycles. The van der Waals surface area contributed by atoms with Gasteiger partial charge >= 0.3 is 6.18 Å². The molecule has 1 amide bonds. The first-order valence-electron chi connectivity index (χ1n) is 9.84. The van der Waals surface area contributed by atoms with Crippen molar-refractivity contribution in [3.63, 3.8) is 0 Å². The predicted octanol–water partition coefficient (Wildman–Crippen LogP) is 4.88. The zero-order valence-electron chi connectivity index (χ0n) is 16.8. The van der Waals surface area contributed by atoms with E-state index in [0.29, 0.717) is 17.7 Å². The van der Waals surface area contributed by atoms with Crippen molar-refractivity contribution in [2.45, 2.75) is 38.3 Å². The summed E-state index contributed by atoms with van der Waals surface area (Å²) in [5.41, 5.74) is 2.47. The Bertz CT molecular complexity index is 1220. The van der Waals surface area contributed by atoms with Crippen molar-refractivity contribution in [3.05, 3.63) is 70.4 Å². The van der Waals surface area contributed by atoms with Gasteiger partial charge in [0.25, 0.3) is 5.91 Å². The number of hydrogen-bond donors (Lipinski definition) is 1. The Morgan fingerprint density at radius 2 is 2.00 bits per heavy atom. The highest BCUT2D eigenvalue weighted by Gasteiger charge is 2.35. The van der Waals surface area contributed by atoms with Crippen molar-refractivity contribution in [2.75, 3.05) is 6.61 Å². The highest BCUT2D eigenvalue weighted by atomic mass is 19.4. The van der Waals surface area contributed by atoms with E-state index in [1.54, 1.807) is 24.4 Å². The number of nitrogens with zero attached hydrogens (tertiary/aromatic N) is 1. The van der Waals surface area contributed by atoms with Crippen LogP contribution in [-0.4, -0.2) is 17.5 Å². The zero-order chi connectivity index (χ0) is 22.0. The molecule has 0 fully saturated rings. The van der Waals surface area contributed by atoms with Crippen LogP contribution in [0.2, 0.25) is 0 Å². The van der Waals surface area contributed by atoms with Gasteiger partial charge in [-0.05, 0) is 49.7 Å². The van der Waals surface area contributed by atoms with E-state index in [1.165, 1.54) is 6.07 Å². The maximum Gasteiger partial charge on any atom is 0.416 e. The van der Waals surface area contributed by atoms with Crippen LogP contribution in [0, 0.1) is 0 Å². The van der Waals surface area contributed by atoms with Gasteiger partial charge in [-0.1, -0.05) is 6.07 Å². The molecule has 2 aliphatic heterocycles. The third kappa shape index (κ3) is 3.31. The molecule has 0 saturated carbocycles. The number of carbonyl (C=O) groups is 1. The normalized spacial score (nSPS) is 19.1. The fourth-order valence-electron chi connectivity index (χ4n) is 4.27. The van der Waals surface area contributed by atoms with Gasteiger partial charge in [0.1, 0.15) is 12.4 Å². The van der Waals surface area contributed by atoms with E-state index in [2.05, 4.69) is 10.3 Å². The lowest BCUT2D eigenvalue weighted by Crippen LogP contribution is -2.29. The second kappa shape index (κ2) is 6.68. The van der Waals surface area contributed by atoms with E-state index >= 15 is 0 Å². The number of nitrogens with one attached hydrogen (secondary N) is 1. The Kier molecular flexibility index (Phi) is 4.27. The molecule has 0 saturated heterocycles. The molecule has 0 unspecified atom stereocenters. The second-order valence-electron chi connectivity index (χ2n) is 8.28.